The molecule has 21 heavy (non-hydrogen) atoms. The first-order valence-corrected chi connectivity index (χ1v) is 6.23. The molecule has 0 fully saturated rings. The van der Waals surface area contributed by atoms with Crippen molar-refractivity contribution >= 4 is 17.3 Å². The lowest BCUT2D eigenvalue weighted by molar-refractivity contribution is -0.385. The fourth-order valence-electron chi connectivity index (χ4n) is 2.00. The van der Waals surface area contributed by atoms with Gasteiger partial charge in [-0.2, -0.15) is 0 Å². The van der Waals surface area contributed by atoms with Crippen LogP contribution < -0.4 is 10.1 Å². The molecule has 0 spiro atoms. The van der Waals surface area contributed by atoms with Gasteiger partial charge in [0.2, 0.25) is 0 Å². The number of nitro benzene ring substituents is 1. The summed E-state index contributed by atoms with van der Waals surface area (Å²) in [6.07, 6.45) is 0. The van der Waals surface area contributed by atoms with E-state index in [4.69, 9.17) is 4.74 Å². The number of nitrogens with zero attached hydrogens (tertiary/aromatic N) is 1. The number of hydrogen-bond donors (Lipinski definition) is 1. The van der Waals surface area contributed by atoms with E-state index >= 15 is 0 Å². The molecule has 0 saturated carbocycles. The smallest absolute Gasteiger partial charge is 0.273 e. The topological polar surface area (TPSA) is 81.5 Å². The van der Waals surface area contributed by atoms with Gasteiger partial charge in [-0.1, -0.05) is 18.2 Å². The van der Waals surface area contributed by atoms with Gasteiger partial charge >= 0.3 is 0 Å². The number of carbonyl (C=O) groups excluding carboxylic acids is 1. The molecule has 0 aliphatic heterocycles. The summed E-state index contributed by atoms with van der Waals surface area (Å²) in [5.74, 6) is 0.106. The number of anilines is 1. The quantitative estimate of drug-likeness (QED) is 0.691. The molecular formula is C15H14N2O4. The maximum Gasteiger partial charge on any atom is 0.273 e. The van der Waals surface area contributed by atoms with Crippen LogP contribution in [0.1, 0.15) is 15.9 Å². The summed E-state index contributed by atoms with van der Waals surface area (Å²) < 4.78 is 5.15. The summed E-state index contributed by atoms with van der Waals surface area (Å²) in [5.41, 5.74) is 1.02. The van der Waals surface area contributed by atoms with Crippen LogP contribution in [-0.4, -0.2) is 17.9 Å². The van der Waals surface area contributed by atoms with Gasteiger partial charge in [-0.3, -0.25) is 14.9 Å². The van der Waals surface area contributed by atoms with Crippen LogP contribution >= 0.6 is 0 Å². The standard InChI is InChI=1S/C15H14N2O4/c1-10-11(6-5-8-13(10)17(19)20)15(18)16-12-7-3-4-9-14(12)21-2/h3-9H,1-2H3,(H,16,18). The Kier molecular flexibility index (Phi) is 4.18. The molecule has 0 atom stereocenters. The molecular weight excluding hydrogens is 272 g/mol. The van der Waals surface area contributed by atoms with E-state index in [9.17, 15) is 14.9 Å². The predicted molar refractivity (Wildman–Crippen MR) is 78.8 cm³/mol. The molecule has 0 aromatic heterocycles. The Morgan fingerprint density at radius 1 is 1.19 bits per heavy atom. The maximum atomic E-state index is 12.3. The minimum atomic E-state index is -0.505. The fraction of sp³-hybridized carbons (Fsp3) is 0.133. The Morgan fingerprint density at radius 3 is 2.57 bits per heavy atom. The highest BCUT2D eigenvalue weighted by Gasteiger charge is 2.18. The molecule has 0 heterocycles. The van der Waals surface area contributed by atoms with Gasteiger partial charge in [-0.25, -0.2) is 0 Å². The first kappa shape index (κ1) is 14.5. The van der Waals surface area contributed by atoms with Crippen molar-refractivity contribution in [3.63, 3.8) is 0 Å². The second kappa shape index (κ2) is 6.04. The van der Waals surface area contributed by atoms with Crippen molar-refractivity contribution in [2.45, 2.75) is 6.92 Å². The number of nitrogens with one attached hydrogen (secondary N) is 1. The summed E-state index contributed by atoms with van der Waals surface area (Å²) in [4.78, 5) is 22.7. The lowest BCUT2D eigenvalue weighted by atomic mass is 10.1. The number of nitro groups is 1. The van der Waals surface area contributed by atoms with Crippen LogP contribution in [0.15, 0.2) is 42.5 Å². The van der Waals surface area contributed by atoms with E-state index in [-0.39, 0.29) is 11.3 Å². The molecule has 0 saturated heterocycles. The minimum Gasteiger partial charge on any atom is -0.495 e. The zero-order chi connectivity index (χ0) is 15.4. The van der Waals surface area contributed by atoms with Crippen molar-refractivity contribution in [3.05, 3.63) is 63.7 Å². The van der Waals surface area contributed by atoms with Crippen LogP contribution in [0.2, 0.25) is 0 Å². The molecule has 2 aromatic rings. The van der Waals surface area contributed by atoms with Gasteiger partial charge in [-0.05, 0) is 25.1 Å². The normalized spacial score (nSPS) is 10.0. The number of para-hydroxylation sites is 2. The molecule has 0 unspecified atom stereocenters. The number of rotatable bonds is 4. The summed E-state index contributed by atoms with van der Waals surface area (Å²) in [5, 5.41) is 13.6. The molecule has 108 valence electrons. The number of benzene rings is 2. The van der Waals surface area contributed by atoms with E-state index in [1.165, 1.54) is 19.2 Å². The van der Waals surface area contributed by atoms with E-state index in [1.807, 2.05) is 0 Å². The number of hydrogen-bond acceptors (Lipinski definition) is 4. The Bertz CT molecular complexity index is 698. The average molecular weight is 286 g/mol. The van der Waals surface area contributed by atoms with Crippen LogP contribution in [0.5, 0.6) is 5.75 Å². The van der Waals surface area contributed by atoms with Crippen LogP contribution in [0, 0.1) is 17.0 Å². The van der Waals surface area contributed by atoms with Crippen molar-refractivity contribution < 1.29 is 14.5 Å². The van der Waals surface area contributed by atoms with Crippen LogP contribution in [-0.2, 0) is 0 Å². The molecule has 0 radical (unpaired) electrons. The van der Waals surface area contributed by atoms with E-state index in [1.54, 1.807) is 37.3 Å². The lowest BCUT2D eigenvalue weighted by Gasteiger charge is -2.11. The molecule has 2 aromatic carbocycles. The van der Waals surface area contributed by atoms with E-state index < -0.39 is 10.8 Å². The van der Waals surface area contributed by atoms with Gasteiger partial charge in [0.05, 0.1) is 17.7 Å². The number of methoxy groups -OCH3 is 1. The fourth-order valence-corrected chi connectivity index (χ4v) is 2.00. The van der Waals surface area contributed by atoms with E-state index in [0.29, 0.717) is 17.0 Å². The van der Waals surface area contributed by atoms with Crippen molar-refractivity contribution in [1.29, 1.82) is 0 Å². The Hall–Kier alpha value is -2.89. The van der Waals surface area contributed by atoms with Crippen molar-refractivity contribution in [2.75, 3.05) is 12.4 Å². The molecule has 0 aliphatic carbocycles. The summed E-state index contributed by atoms with van der Waals surface area (Å²) in [7, 11) is 1.50. The largest absolute Gasteiger partial charge is 0.495 e. The SMILES string of the molecule is COc1ccccc1NC(=O)c1cccc([N+](=O)[O-])c1C. The zero-order valence-corrected chi connectivity index (χ0v) is 11.6. The van der Waals surface area contributed by atoms with Gasteiger partial charge in [0, 0.05) is 17.2 Å². The first-order chi connectivity index (χ1) is 10.0. The third-order valence-corrected chi connectivity index (χ3v) is 3.10. The highest BCUT2D eigenvalue weighted by Crippen LogP contribution is 2.26. The Labute approximate surface area is 121 Å². The van der Waals surface area contributed by atoms with Gasteiger partial charge in [0.1, 0.15) is 5.75 Å². The number of ether oxygens (including phenoxy) is 1. The summed E-state index contributed by atoms with van der Waals surface area (Å²) in [6.45, 7) is 1.55. The average Bonchev–Trinajstić information content (AvgIpc) is 2.47. The number of amides is 1. The highest BCUT2D eigenvalue weighted by molar-refractivity contribution is 6.06. The second-order valence-corrected chi connectivity index (χ2v) is 4.36. The molecule has 0 aliphatic rings. The molecule has 0 bridgehead atoms. The Balaban J connectivity index is 2.33. The first-order valence-electron chi connectivity index (χ1n) is 6.23. The summed E-state index contributed by atoms with van der Waals surface area (Å²) in [6, 6.07) is 11.4. The third-order valence-electron chi connectivity index (χ3n) is 3.10. The molecule has 1 amide bonds. The molecule has 1 N–H and O–H groups in total. The van der Waals surface area contributed by atoms with Crippen LogP contribution in [0.3, 0.4) is 0 Å². The third kappa shape index (κ3) is 3.00. The van der Waals surface area contributed by atoms with Crippen LogP contribution in [0.4, 0.5) is 11.4 Å². The van der Waals surface area contributed by atoms with Crippen molar-refractivity contribution in [2.24, 2.45) is 0 Å². The number of carbonyl (C=O) groups is 1. The monoisotopic (exact) mass is 286 g/mol. The lowest BCUT2D eigenvalue weighted by Crippen LogP contribution is -2.14. The Morgan fingerprint density at radius 2 is 1.90 bits per heavy atom. The van der Waals surface area contributed by atoms with Crippen molar-refractivity contribution in [1.82, 2.24) is 0 Å². The predicted octanol–water partition coefficient (Wildman–Crippen LogP) is 3.16. The van der Waals surface area contributed by atoms with Crippen LogP contribution in [0.25, 0.3) is 0 Å². The van der Waals surface area contributed by atoms with Gasteiger partial charge in [0.25, 0.3) is 11.6 Å². The molecule has 2 rings (SSSR count). The van der Waals surface area contributed by atoms with Gasteiger partial charge in [-0.15, -0.1) is 0 Å². The molecule has 6 heteroatoms. The van der Waals surface area contributed by atoms with E-state index in [0.717, 1.165) is 0 Å². The van der Waals surface area contributed by atoms with Crippen molar-refractivity contribution in [3.8, 4) is 5.75 Å². The van der Waals surface area contributed by atoms with Gasteiger partial charge < -0.3 is 10.1 Å². The highest BCUT2D eigenvalue weighted by atomic mass is 16.6. The summed E-state index contributed by atoms with van der Waals surface area (Å²) >= 11 is 0. The maximum absolute atomic E-state index is 12.3. The van der Waals surface area contributed by atoms with Gasteiger partial charge in [0.15, 0.2) is 0 Å². The zero-order valence-electron chi connectivity index (χ0n) is 11.6. The minimum absolute atomic E-state index is 0.0809. The molecule has 6 nitrogen and oxygen atoms in total. The second-order valence-electron chi connectivity index (χ2n) is 4.36. The van der Waals surface area contributed by atoms with E-state index in [2.05, 4.69) is 5.32 Å².